The van der Waals surface area contributed by atoms with E-state index in [1.165, 1.54) is 12.1 Å². The lowest BCUT2D eigenvalue weighted by atomic mass is 9.98. The third-order valence-electron chi connectivity index (χ3n) is 4.05. The summed E-state index contributed by atoms with van der Waals surface area (Å²) in [7, 11) is 1.62. The molecule has 23 heavy (non-hydrogen) atoms. The van der Waals surface area contributed by atoms with Crippen molar-refractivity contribution in [3.63, 3.8) is 0 Å². The monoisotopic (exact) mass is 377 g/mol. The molecule has 0 aliphatic carbocycles. The van der Waals surface area contributed by atoms with Crippen molar-refractivity contribution in [2.24, 2.45) is 0 Å². The van der Waals surface area contributed by atoms with Crippen LogP contribution in [0.1, 0.15) is 21.5 Å². The summed E-state index contributed by atoms with van der Waals surface area (Å²) in [4.78, 5) is 14.3. The van der Waals surface area contributed by atoms with Gasteiger partial charge in [-0.05, 0) is 51.7 Å². The van der Waals surface area contributed by atoms with E-state index in [-0.39, 0.29) is 23.0 Å². The van der Waals surface area contributed by atoms with E-state index in [2.05, 4.69) is 15.9 Å². The molecule has 1 aliphatic rings. The third-order valence-corrected chi connectivity index (χ3v) is 4.92. The van der Waals surface area contributed by atoms with Crippen LogP contribution in [0.25, 0.3) is 0 Å². The average Bonchev–Trinajstić information content (AvgIpc) is 2.57. The van der Waals surface area contributed by atoms with E-state index in [9.17, 15) is 15.0 Å². The molecule has 1 heterocycles. The standard InChI is InChI=1S/C17H16BrNO4/c1-23-14-6-5-10-9-19(8-7-11(10)15(14)18)17(22)12-3-2-4-13(20)16(12)21/h2-6,20-21H,7-9H2,1H3. The maximum Gasteiger partial charge on any atom is 0.258 e. The molecule has 0 fully saturated rings. The lowest BCUT2D eigenvalue weighted by Crippen LogP contribution is -2.36. The van der Waals surface area contributed by atoms with E-state index in [1.807, 2.05) is 12.1 Å². The van der Waals surface area contributed by atoms with Gasteiger partial charge < -0.3 is 19.8 Å². The van der Waals surface area contributed by atoms with Gasteiger partial charge >= 0.3 is 0 Å². The summed E-state index contributed by atoms with van der Waals surface area (Å²) in [5.74, 6) is -0.190. The van der Waals surface area contributed by atoms with Crippen LogP contribution in [0.5, 0.6) is 17.2 Å². The molecule has 0 saturated carbocycles. The molecule has 2 aromatic carbocycles. The normalized spacial score (nSPS) is 13.6. The van der Waals surface area contributed by atoms with Crippen LogP contribution in [-0.4, -0.2) is 34.7 Å². The van der Waals surface area contributed by atoms with Gasteiger partial charge in [0.1, 0.15) is 5.75 Å². The van der Waals surface area contributed by atoms with Gasteiger partial charge in [-0.1, -0.05) is 12.1 Å². The number of nitrogens with zero attached hydrogens (tertiary/aromatic N) is 1. The Balaban J connectivity index is 1.89. The van der Waals surface area contributed by atoms with Crippen molar-refractivity contribution in [3.05, 3.63) is 51.5 Å². The Morgan fingerprint density at radius 2 is 2.04 bits per heavy atom. The number of ether oxygens (including phenoxy) is 1. The molecule has 3 rings (SSSR count). The second-order valence-electron chi connectivity index (χ2n) is 5.37. The van der Waals surface area contributed by atoms with E-state index in [4.69, 9.17) is 4.74 Å². The molecule has 2 N–H and O–H groups in total. The molecule has 0 radical (unpaired) electrons. The highest BCUT2D eigenvalue weighted by Gasteiger charge is 2.26. The minimum absolute atomic E-state index is 0.112. The first-order chi connectivity index (χ1) is 11.0. The minimum Gasteiger partial charge on any atom is -0.504 e. The largest absolute Gasteiger partial charge is 0.504 e. The molecular formula is C17H16BrNO4. The number of fused-ring (bicyclic) bond motifs is 1. The second kappa shape index (κ2) is 6.12. The fourth-order valence-corrected chi connectivity index (χ4v) is 3.54. The van der Waals surface area contributed by atoms with Crippen molar-refractivity contribution in [1.29, 1.82) is 0 Å². The van der Waals surface area contributed by atoms with Gasteiger partial charge in [-0.25, -0.2) is 0 Å². The number of phenolic OH excluding ortho intramolecular Hbond substituents is 2. The van der Waals surface area contributed by atoms with Gasteiger partial charge in [-0.15, -0.1) is 0 Å². The Morgan fingerprint density at radius 1 is 1.26 bits per heavy atom. The molecule has 0 bridgehead atoms. The zero-order valence-electron chi connectivity index (χ0n) is 12.5. The van der Waals surface area contributed by atoms with Crippen molar-refractivity contribution in [1.82, 2.24) is 4.90 Å². The highest BCUT2D eigenvalue weighted by atomic mass is 79.9. The number of para-hydroxylation sites is 1. The number of aromatic hydroxyl groups is 2. The SMILES string of the molecule is COc1ccc2c(c1Br)CCN(C(=O)c1cccc(O)c1O)C2. The number of carbonyl (C=O) groups excluding carboxylic acids is 1. The van der Waals surface area contributed by atoms with E-state index in [0.717, 1.165) is 21.3 Å². The number of methoxy groups -OCH3 is 1. The first-order valence-corrected chi connectivity index (χ1v) is 7.96. The van der Waals surface area contributed by atoms with E-state index in [1.54, 1.807) is 18.1 Å². The number of amides is 1. The van der Waals surface area contributed by atoms with Crippen LogP contribution >= 0.6 is 15.9 Å². The lowest BCUT2D eigenvalue weighted by molar-refractivity contribution is 0.0730. The van der Waals surface area contributed by atoms with Crippen molar-refractivity contribution in [2.75, 3.05) is 13.7 Å². The molecule has 0 spiro atoms. The van der Waals surface area contributed by atoms with E-state index < -0.39 is 0 Å². The van der Waals surface area contributed by atoms with Gasteiger partial charge in [0.25, 0.3) is 5.91 Å². The smallest absolute Gasteiger partial charge is 0.258 e. The van der Waals surface area contributed by atoms with Gasteiger partial charge in [0.05, 0.1) is 17.1 Å². The molecule has 0 aromatic heterocycles. The predicted octanol–water partition coefficient (Wildman–Crippen LogP) is 3.07. The summed E-state index contributed by atoms with van der Waals surface area (Å²) in [6, 6.07) is 8.21. The summed E-state index contributed by atoms with van der Waals surface area (Å²) < 4.78 is 6.22. The maximum absolute atomic E-state index is 12.6. The molecule has 0 atom stereocenters. The van der Waals surface area contributed by atoms with Crippen LogP contribution in [0.2, 0.25) is 0 Å². The van der Waals surface area contributed by atoms with Crippen LogP contribution in [-0.2, 0) is 13.0 Å². The Labute approximate surface area is 142 Å². The Bertz CT molecular complexity index is 775. The fraction of sp³-hybridized carbons (Fsp3) is 0.235. The highest BCUT2D eigenvalue weighted by molar-refractivity contribution is 9.10. The van der Waals surface area contributed by atoms with Crippen molar-refractivity contribution < 1.29 is 19.7 Å². The third kappa shape index (κ3) is 2.74. The molecule has 5 nitrogen and oxygen atoms in total. The minimum atomic E-state index is -0.376. The number of hydrogen-bond acceptors (Lipinski definition) is 4. The number of phenols is 2. The quantitative estimate of drug-likeness (QED) is 0.789. The molecular weight excluding hydrogens is 362 g/mol. The molecule has 2 aromatic rings. The van der Waals surface area contributed by atoms with Crippen molar-refractivity contribution in [2.45, 2.75) is 13.0 Å². The predicted molar refractivity (Wildman–Crippen MR) is 88.9 cm³/mol. The number of rotatable bonds is 2. The zero-order chi connectivity index (χ0) is 16.6. The topological polar surface area (TPSA) is 70.0 Å². The summed E-state index contributed by atoms with van der Waals surface area (Å²) >= 11 is 3.55. The van der Waals surface area contributed by atoms with Gasteiger partial charge in [0, 0.05) is 13.1 Å². The van der Waals surface area contributed by atoms with Crippen molar-refractivity contribution >= 4 is 21.8 Å². The van der Waals surface area contributed by atoms with E-state index >= 15 is 0 Å². The molecule has 6 heteroatoms. The van der Waals surface area contributed by atoms with Crippen LogP contribution in [0.15, 0.2) is 34.8 Å². The molecule has 120 valence electrons. The highest BCUT2D eigenvalue weighted by Crippen LogP contribution is 2.35. The molecule has 0 saturated heterocycles. The fourth-order valence-electron chi connectivity index (χ4n) is 2.79. The summed E-state index contributed by atoms with van der Waals surface area (Å²) in [5, 5.41) is 19.4. The van der Waals surface area contributed by atoms with Gasteiger partial charge in [0.2, 0.25) is 0 Å². The Hall–Kier alpha value is -2.21. The summed E-state index contributed by atoms with van der Waals surface area (Å²) in [6.07, 6.45) is 0.693. The Morgan fingerprint density at radius 3 is 2.78 bits per heavy atom. The van der Waals surface area contributed by atoms with Crippen LogP contribution in [0.4, 0.5) is 0 Å². The van der Waals surface area contributed by atoms with Gasteiger partial charge in [0.15, 0.2) is 11.5 Å². The Kier molecular flexibility index (Phi) is 4.17. The second-order valence-corrected chi connectivity index (χ2v) is 6.16. The van der Waals surface area contributed by atoms with Crippen LogP contribution < -0.4 is 4.74 Å². The van der Waals surface area contributed by atoms with Crippen molar-refractivity contribution in [3.8, 4) is 17.2 Å². The van der Waals surface area contributed by atoms with Crippen LogP contribution in [0.3, 0.4) is 0 Å². The average molecular weight is 378 g/mol. The number of benzene rings is 2. The number of carbonyl (C=O) groups is 1. The number of hydrogen-bond donors (Lipinski definition) is 2. The first-order valence-electron chi connectivity index (χ1n) is 7.17. The molecule has 1 amide bonds. The lowest BCUT2D eigenvalue weighted by Gasteiger charge is -2.30. The van der Waals surface area contributed by atoms with Gasteiger partial charge in [-0.3, -0.25) is 4.79 Å². The molecule has 1 aliphatic heterocycles. The maximum atomic E-state index is 12.6. The molecule has 0 unspecified atom stereocenters. The summed E-state index contributed by atoms with van der Waals surface area (Å²) in [6.45, 7) is 0.985. The van der Waals surface area contributed by atoms with E-state index in [0.29, 0.717) is 19.5 Å². The zero-order valence-corrected chi connectivity index (χ0v) is 14.1. The number of halogens is 1. The first kappa shape index (κ1) is 15.7. The van der Waals surface area contributed by atoms with Gasteiger partial charge in [-0.2, -0.15) is 0 Å². The van der Waals surface area contributed by atoms with Crippen LogP contribution in [0, 0.1) is 0 Å². The summed E-state index contributed by atoms with van der Waals surface area (Å²) in [5.41, 5.74) is 2.28.